The van der Waals surface area contributed by atoms with Crippen LogP contribution in [0.25, 0.3) is 0 Å². The predicted octanol–water partition coefficient (Wildman–Crippen LogP) is 1.44. The third kappa shape index (κ3) is 2.39. The third-order valence-corrected chi connectivity index (χ3v) is 2.58. The minimum Gasteiger partial charge on any atom is -0.337 e. The second-order valence-electron chi connectivity index (χ2n) is 3.84. The van der Waals surface area contributed by atoms with Crippen LogP contribution in [0.5, 0.6) is 0 Å². The highest BCUT2D eigenvalue weighted by molar-refractivity contribution is 5.07. The first-order valence-electron chi connectivity index (χ1n) is 5.39. The van der Waals surface area contributed by atoms with E-state index in [0.717, 1.165) is 25.1 Å². The summed E-state index contributed by atoms with van der Waals surface area (Å²) in [6, 6.07) is 3.75. The summed E-state index contributed by atoms with van der Waals surface area (Å²) in [7, 11) is 0. The van der Waals surface area contributed by atoms with Crippen molar-refractivity contribution in [3.05, 3.63) is 53.0 Å². The molecule has 2 heterocycles. The number of hydrogen-bond acceptors (Lipinski definition) is 2. The lowest BCUT2D eigenvalue weighted by Crippen LogP contribution is -2.21. The Labute approximate surface area is 94.2 Å². The van der Waals surface area contributed by atoms with Crippen LogP contribution < -0.4 is 5.56 Å². The van der Waals surface area contributed by atoms with Gasteiger partial charge in [0.1, 0.15) is 0 Å². The molecular weight excluding hydrogens is 202 g/mol. The van der Waals surface area contributed by atoms with Crippen LogP contribution in [0.1, 0.15) is 12.0 Å². The molecule has 0 bridgehead atoms. The van der Waals surface area contributed by atoms with Gasteiger partial charge in [-0.2, -0.15) is 0 Å². The first-order valence-corrected chi connectivity index (χ1v) is 5.39. The van der Waals surface area contributed by atoms with Gasteiger partial charge in [0.2, 0.25) is 0 Å². The smallest absolute Gasteiger partial charge is 0.253 e. The van der Waals surface area contributed by atoms with Gasteiger partial charge in [-0.05, 0) is 19.4 Å². The minimum absolute atomic E-state index is 0.105. The van der Waals surface area contributed by atoms with Gasteiger partial charge in [-0.3, -0.25) is 4.79 Å². The molecule has 0 fully saturated rings. The van der Waals surface area contributed by atoms with Crippen molar-refractivity contribution in [3.8, 4) is 0 Å². The summed E-state index contributed by atoms with van der Waals surface area (Å²) >= 11 is 0. The van der Waals surface area contributed by atoms with Gasteiger partial charge >= 0.3 is 0 Å². The van der Waals surface area contributed by atoms with Crippen molar-refractivity contribution in [3.63, 3.8) is 0 Å². The molecule has 84 valence electrons. The molecule has 2 rings (SSSR count). The third-order valence-electron chi connectivity index (χ3n) is 2.58. The van der Waals surface area contributed by atoms with Gasteiger partial charge in [0.15, 0.2) is 0 Å². The number of rotatable bonds is 4. The fraction of sp³-hybridized carbons (Fsp3) is 0.333. The molecule has 0 saturated heterocycles. The van der Waals surface area contributed by atoms with E-state index in [1.165, 1.54) is 0 Å². The Morgan fingerprint density at radius 3 is 2.94 bits per heavy atom. The summed E-state index contributed by atoms with van der Waals surface area (Å²) in [4.78, 5) is 15.7. The average molecular weight is 217 g/mol. The fourth-order valence-corrected chi connectivity index (χ4v) is 1.68. The van der Waals surface area contributed by atoms with E-state index < -0.39 is 0 Å². The Hall–Kier alpha value is -1.84. The van der Waals surface area contributed by atoms with Gasteiger partial charge in [-0.1, -0.05) is 6.07 Å². The second-order valence-corrected chi connectivity index (χ2v) is 3.84. The zero-order chi connectivity index (χ0) is 11.4. The molecule has 0 saturated carbocycles. The largest absolute Gasteiger partial charge is 0.337 e. The molecule has 0 unspecified atom stereocenters. The maximum atomic E-state index is 11.7. The number of aromatic nitrogens is 3. The van der Waals surface area contributed by atoms with Gasteiger partial charge in [0, 0.05) is 37.2 Å². The zero-order valence-electron chi connectivity index (χ0n) is 9.34. The van der Waals surface area contributed by atoms with Crippen LogP contribution in [0.15, 0.2) is 41.8 Å². The van der Waals surface area contributed by atoms with E-state index in [1.807, 2.05) is 36.0 Å². The Bertz CT molecular complexity index is 499. The van der Waals surface area contributed by atoms with Crippen molar-refractivity contribution in [2.45, 2.75) is 26.4 Å². The van der Waals surface area contributed by atoms with Gasteiger partial charge in [0.05, 0.1) is 6.33 Å². The van der Waals surface area contributed by atoms with Crippen LogP contribution in [-0.2, 0) is 13.1 Å². The lowest BCUT2D eigenvalue weighted by atomic mass is 10.3. The van der Waals surface area contributed by atoms with Crippen molar-refractivity contribution < 1.29 is 0 Å². The lowest BCUT2D eigenvalue weighted by molar-refractivity contribution is 0.551. The maximum Gasteiger partial charge on any atom is 0.253 e. The number of aryl methyl sites for hydroxylation is 3. The molecule has 0 aliphatic heterocycles. The zero-order valence-corrected chi connectivity index (χ0v) is 9.34. The summed E-state index contributed by atoms with van der Waals surface area (Å²) in [6.07, 6.45) is 8.25. The molecule has 2 aromatic heterocycles. The molecule has 4 nitrogen and oxygen atoms in total. The van der Waals surface area contributed by atoms with E-state index in [0.29, 0.717) is 0 Å². The maximum absolute atomic E-state index is 11.7. The van der Waals surface area contributed by atoms with Crippen molar-refractivity contribution >= 4 is 0 Å². The summed E-state index contributed by atoms with van der Waals surface area (Å²) in [6.45, 7) is 3.48. The van der Waals surface area contributed by atoms with E-state index in [4.69, 9.17) is 0 Å². The molecule has 0 N–H and O–H groups in total. The molecule has 0 aliphatic rings. The lowest BCUT2D eigenvalue weighted by Gasteiger charge is -2.06. The molecule has 16 heavy (non-hydrogen) atoms. The average Bonchev–Trinajstić information content (AvgIpc) is 2.77. The van der Waals surface area contributed by atoms with E-state index in [-0.39, 0.29) is 5.56 Å². The first-order chi connectivity index (χ1) is 7.77. The van der Waals surface area contributed by atoms with Crippen molar-refractivity contribution in [2.75, 3.05) is 0 Å². The monoisotopic (exact) mass is 217 g/mol. The molecule has 2 aromatic rings. The quantitative estimate of drug-likeness (QED) is 0.777. The van der Waals surface area contributed by atoms with Crippen LogP contribution >= 0.6 is 0 Å². The van der Waals surface area contributed by atoms with Crippen LogP contribution in [0, 0.1) is 6.92 Å². The van der Waals surface area contributed by atoms with Gasteiger partial charge in [0.25, 0.3) is 5.56 Å². The predicted molar refractivity (Wildman–Crippen MR) is 62.3 cm³/mol. The Kier molecular flexibility index (Phi) is 3.19. The van der Waals surface area contributed by atoms with Crippen LogP contribution in [0.4, 0.5) is 0 Å². The van der Waals surface area contributed by atoms with Crippen LogP contribution in [0.3, 0.4) is 0 Å². The Balaban J connectivity index is 1.95. The Morgan fingerprint density at radius 2 is 2.19 bits per heavy atom. The molecule has 0 spiro atoms. The molecule has 0 radical (unpaired) electrons. The standard InChI is InChI=1S/C12H15N3O/c1-11-4-2-7-15(12(11)16)8-3-6-14-9-5-13-10-14/h2,4-5,7,9-10H,3,6,8H2,1H3. The van der Waals surface area contributed by atoms with Crippen molar-refractivity contribution in [2.24, 2.45) is 0 Å². The van der Waals surface area contributed by atoms with Gasteiger partial charge in [-0.15, -0.1) is 0 Å². The van der Waals surface area contributed by atoms with Crippen LogP contribution in [0.2, 0.25) is 0 Å². The minimum atomic E-state index is 0.105. The fourth-order valence-electron chi connectivity index (χ4n) is 1.68. The topological polar surface area (TPSA) is 39.8 Å². The summed E-state index contributed by atoms with van der Waals surface area (Å²) in [5.74, 6) is 0. The molecular formula is C12H15N3O. The molecule has 0 aromatic carbocycles. The summed E-state index contributed by atoms with van der Waals surface area (Å²) in [5, 5.41) is 0. The number of imidazole rings is 1. The van der Waals surface area contributed by atoms with Crippen molar-refractivity contribution in [1.82, 2.24) is 14.1 Å². The normalized spacial score (nSPS) is 10.6. The molecule has 0 amide bonds. The SMILES string of the molecule is Cc1cccn(CCCn2ccnc2)c1=O. The summed E-state index contributed by atoms with van der Waals surface area (Å²) in [5.41, 5.74) is 0.901. The second kappa shape index (κ2) is 4.79. The van der Waals surface area contributed by atoms with E-state index >= 15 is 0 Å². The highest BCUT2D eigenvalue weighted by atomic mass is 16.1. The molecule has 0 aliphatic carbocycles. The molecule has 4 heteroatoms. The highest BCUT2D eigenvalue weighted by Crippen LogP contribution is 1.95. The number of nitrogens with zero attached hydrogens (tertiary/aromatic N) is 3. The Morgan fingerprint density at radius 1 is 1.31 bits per heavy atom. The van der Waals surface area contributed by atoms with Crippen LogP contribution in [-0.4, -0.2) is 14.1 Å². The van der Waals surface area contributed by atoms with Crippen molar-refractivity contribution in [1.29, 1.82) is 0 Å². The highest BCUT2D eigenvalue weighted by Gasteiger charge is 1.98. The number of hydrogen-bond donors (Lipinski definition) is 0. The molecule has 0 atom stereocenters. The first kappa shape index (κ1) is 10.7. The summed E-state index contributed by atoms with van der Waals surface area (Å²) < 4.78 is 3.77. The van der Waals surface area contributed by atoms with Gasteiger partial charge in [-0.25, -0.2) is 4.98 Å². The number of pyridine rings is 1. The van der Waals surface area contributed by atoms with E-state index in [2.05, 4.69) is 4.98 Å². The van der Waals surface area contributed by atoms with E-state index in [1.54, 1.807) is 17.1 Å². The van der Waals surface area contributed by atoms with Gasteiger partial charge < -0.3 is 9.13 Å². The van der Waals surface area contributed by atoms with E-state index in [9.17, 15) is 4.79 Å².